The highest BCUT2D eigenvalue weighted by Crippen LogP contribution is 2.28. The Morgan fingerprint density at radius 3 is 2.57 bits per heavy atom. The molecule has 0 radical (unpaired) electrons. The molecule has 2 N–H and O–H groups in total. The summed E-state index contributed by atoms with van der Waals surface area (Å²) in [6, 6.07) is 11.9. The van der Waals surface area contributed by atoms with Gasteiger partial charge in [0.25, 0.3) is 5.56 Å². The van der Waals surface area contributed by atoms with Crippen LogP contribution in [0.5, 0.6) is 0 Å². The number of ether oxygens (including phenoxy) is 2. The van der Waals surface area contributed by atoms with Crippen LogP contribution in [0, 0.1) is 0 Å². The highest BCUT2D eigenvalue weighted by Gasteiger charge is 2.34. The van der Waals surface area contributed by atoms with Crippen LogP contribution in [0.1, 0.15) is 18.5 Å². The number of nitrogens with one attached hydrogen (secondary N) is 2. The van der Waals surface area contributed by atoms with Crippen LogP contribution in [0.4, 0.5) is 4.79 Å². The maximum Gasteiger partial charge on any atom is 0.338 e. The molecule has 0 saturated heterocycles. The maximum atomic E-state index is 12.8. The zero-order chi connectivity index (χ0) is 24.9. The molecule has 0 saturated carbocycles. The standard InChI is InChI=1S/C24H21ClN4O6/c1-2-34-23(32)20-18(27-24(33)28-21(20)14-7-9-15(25)10-8-14)12-35-19(30)11-29-13-26-17-6-4-3-5-16(17)22(29)31/h3-10,13,21H,2,11-12H2,1H3,(H2,27,28,33). The smallest absolute Gasteiger partial charge is 0.338 e. The number of amides is 2. The number of hydrogen-bond donors (Lipinski definition) is 2. The lowest BCUT2D eigenvalue weighted by Gasteiger charge is -2.29. The summed E-state index contributed by atoms with van der Waals surface area (Å²) in [5.41, 5.74) is 0.870. The minimum absolute atomic E-state index is 0.0736. The average molecular weight is 497 g/mol. The van der Waals surface area contributed by atoms with E-state index in [0.717, 1.165) is 4.57 Å². The summed E-state index contributed by atoms with van der Waals surface area (Å²) in [4.78, 5) is 54.4. The van der Waals surface area contributed by atoms with Crippen molar-refractivity contribution in [2.24, 2.45) is 0 Å². The van der Waals surface area contributed by atoms with E-state index in [1.165, 1.54) is 6.33 Å². The molecule has 0 spiro atoms. The van der Waals surface area contributed by atoms with E-state index in [1.54, 1.807) is 55.5 Å². The summed E-state index contributed by atoms with van der Waals surface area (Å²) in [6.07, 6.45) is 1.26. The molecule has 4 rings (SSSR count). The first-order chi connectivity index (χ1) is 16.9. The van der Waals surface area contributed by atoms with Gasteiger partial charge in [0.05, 0.1) is 41.1 Å². The molecular formula is C24H21ClN4O6. The third-order valence-electron chi connectivity index (χ3n) is 5.26. The molecule has 0 aliphatic carbocycles. The first kappa shape index (κ1) is 24.0. The Labute approximate surface area is 204 Å². The molecule has 180 valence electrons. The second kappa shape index (κ2) is 10.4. The number of nitrogens with zero attached hydrogens (tertiary/aromatic N) is 2. The molecule has 11 heteroatoms. The van der Waals surface area contributed by atoms with Gasteiger partial charge in [-0.3, -0.25) is 14.2 Å². The van der Waals surface area contributed by atoms with Gasteiger partial charge >= 0.3 is 18.0 Å². The van der Waals surface area contributed by atoms with Crippen molar-refractivity contribution < 1.29 is 23.9 Å². The van der Waals surface area contributed by atoms with Crippen LogP contribution < -0.4 is 16.2 Å². The largest absolute Gasteiger partial charge is 0.463 e. The molecule has 10 nitrogen and oxygen atoms in total. The van der Waals surface area contributed by atoms with Crippen LogP contribution in [0.15, 0.2) is 70.9 Å². The van der Waals surface area contributed by atoms with E-state index in [4.69, 9.17) is 21.1 Å². The third-order valence-corrected chi connectivity index (χ3v) is 5.51. The lowest BCUT2D eigenvalue weighted by molar-refractivity contribution is -0.144. The van der Waals surface area contributed by atoms with Crippen molar-refractivity contribution in [1.29, 1.82) is 0 Å². The van der Waals surface area contributed by atoms with Gasteiger partial charge in [-0.2, -0.15) is 0 Å². The van der Waals surface area contributed by atoms with Gasteiger partial charge < -0.3 is 20.1 Å². The molecule has 1 unspecified atom stereocenters. The number of carbonyl (C=O) groups is 3. The van der Waals surface area contributed by atoms with Gasteiger partial charge in [0, 0.05) is 5.02 Å². The van der Waals surface area contributed by atoms with Crippen LogP contribution in [0.2, 0.25) is 5.02 Å². The maximum absolute atomic E-state index is 12.8. The predicted molar refractivity (Wildman–Crippen MR) is 126 cm³/mol. The molecule has 1 atom stereocenters. The Morgan fingerprint density at radius 1 is 1.09 bits per heavy atom. The second-order valence-electron chi connectivity index (χ2n) is 7.55. The van der Waals surface area contributed by atoms with Crippen molar-refractivity contribution in [3.05, 3.63) is 87.1 Å². The van der Waals surface area contributed by atoms with Gasteiger partial charge in [-0.1, -0.05) is 35.9 Å². The van der Waals surface area contributed by atoms with E-state index < -0.39 is 42.7 Å². The van der Waals surface area contributed by atoms with Gasteiger partial charge in [0.15, 0.2) is 0 Å². The van der Waals surface area contributed by atoms with Gasteiger partial charge in [-0.15, -0.1) is 0 Å². The monoisotopic (exact) mass is 496 g/mol. The zero-order valence-electron chi connectivity index (χ0n) is 18.6. The third kappa shape index (κ3) is 5.33. The van der Waals surface area contributed by atoms with E-state index in [9.17, 15) is 19.2 Å². The van der Waals surface area contributed by atoms with E-state index in [2.05, 4.69) is 15.6 Å². The van der Waals surface area contributed by atoms with Crippen molar-refractivity contribution in [2.45, 2.75) is 19.5 Å². The van der Waals surface area contributed by atoms with Gasteiger partial charge in [0.2, 0.25) is 0 Å². The van der Waals surface area contributed by atoms with E-state index >= 15 is 0 Å². The zero-order valence-corrected chi connectivity index (χ0v) is 19.4. The molecule has 1 aromatic heterocycles. The minimum Gasteiger partial charge on any atom is -0.463 e. The Balaban J connectivity index is 1.57. The number of halogens is 1. The summed E-state index contributed by atoms with van der Waals surface area (Å²) in [6.45, 7) is 0.944. The molecule has 2 aromatic carbocycles. The van der Waals surface area contributed by atoms with Gasteiger partial charge in [-0.25, -0.2) is 14.6 Å². The number of rotatable bonds is 7. The lowest BCUT2D eigenvalue weighted by atomic mass is 9.95. The number of urea groups is 1. The molecule has 2 heterocycles. The molecule has 0 bridgehead atoms. The highest BCUT2D eigenvalue weighted by atomic mass is 35.5. The molecule has 1 aliphatic rings. The summed E-state index contributed by atoms with van der Waals surface area (Å²) in [5, 5.41) is 6.05. The molecule has 2 amide bonds. The van der Waals surface area contributed by atoms with Crippen molar-refractivity contribution in [1.82, 2.24) is 20.2 Å². The SMILES string of the molecule is CCOC(=O)C1=C(COC(=O)Cn2cnc3ccccc3c2=O)NC(=O)NC1c1ccc(Cl)cc1. The van der Waals surface area contributed by atoms with Crippen molar-refractivity contribution >= 4 is 40.5 Å². The number of fused-ring (bicyclic) bond motifs is 1. The normalized spacial score (nSPS) is 15.4. The van der Waals surface area contributed by atoms with Crippen LogP contribution in [0.25, 0.3) is 10.9 Å². The Morgan fingerprint density at radius 2 is 1.83 bits per heavy atom. The summed E-state index contributed by atoms with van der Waals surface area (Å²) >= 11 is 5.96. The number of aromatic nitrogens is 2. The summed E-state index contributed by atoms with van der Waals surface area (Å²) < 4.78 is 11.6. The number of hydrogen-bond acceptors (Lipinski definition) is 7. The minimum atomic E-state index is -0.846. The van der Waals surface area contributed by atoms with Crippen molar-refractivity contribution in [3.63, 3.8) is 0 Å². The Kier molecular flexibility index (Phi) is 7.11. The Bertz CT molecular complexity index is 1380. The van der Waals surface area contributed by atoms with Crippen LogP contribution >= 0.6 is 11.6 Å². The number of carbonyl (C=O) groups excluding carboxylic acids is 3. The van der Waals surface area contributed by atoms with E-state index in [-0.39, 0.29) is 17.9 Å². The molecule has 0 fully saturated rings. The number of benzene rings is 2. The predicted octanol–water partition coefficient (Wildman–Crippen LogP) is 2.46. The van der Waals surface area contributed by atoms with Crippen LogP contribution in [-0.4, -0.2) is 40.7 Å². The molecule has 1 aliphatic heterocycles. The summed E-state index contributed by atoms with van der Waals surface area (Å²) in [5.74, 6) is -1.43. The molecule has 3 aromatic rings. The van der Waals surface area contributed by atoms with Crippen LogP contribution in [0.3, 0.4) is 0 Å². The van der Waals surface area contributed by atoms with Gasteiger partial charge in [-0.05, 0) is 36.8 Å². The first-order valence-corrected chi connectivity index (χ1v) is 11.1. The van der Waals surface area contributed by atoms with E-state index in [1.807, 2.05) is 0 Å². The van der Waals surface area contributed by atoms with Crippen molar-refractivity contribution in [2.75, 3.05) is 13.2 Å². The number of para-hydroxylation sites is 1. The Hall–Kier alpha value is -4.18. The van der Waals surface area contributed by atoms with Gasteiger partial charge in [0.1, 0.15) is 13.2 Å². The fourth-order valence-electron chi connectivity index (χ4n) is 3.64. The van der Waals surface area contributed by atoms with Crippen LogP contribution in [-0.2, 0) is 25.6 Å². The van der Waals surface area contributed by atoms with E-state index in [0.29, 0.717) is 21.5 Å². The number of esters is 2. The molecular weight excluding hydrogens is 476 g/mol. The summed E-state index contributed by atoms with van der Waals surface area (Å²) in [7, 11) is 0. The lowest BCUT2D eigenvalue weighted by Crippen LogP contribution is -2.47. The average Bonchev–Trinajstić information content (AvgIpc) is 2.85. The first-order valence-electron chi connectivity index (χ1n) is 10.7. The highest BCUT2D eigenvalue weighted by molar-refractivity contribution is 6.30. The topological polar surface area (TPSA) is 129 Å². The fraction of sp³-hybridized carbons (Fsp3) is 0.208. The fourth-order valence-corrected chi connectivity index (χ4v) is 3.77. The molecule has 35 heavy (non-hydrogen) atoms. The quantitative estimate of drug-likeness (QED) is 0.481. The van der Waals surface area contributed by atoms with Crippen molar-refractivity contribution in [3.8, 4) is 0 Å². The second-order valence-corrected chi connectivity index (χ2v) is 7.99.